The molecule has 1 saturated carbocycles. The highest BCUT2D eigenvalue weighted by Gasteiger charge is 2.46. The fourth-order valence-corrected chi connectivity index (χ4v) is 11.3. The molecular formula is C64H113N11O12. The second kappa shape index (κ2) is 34.6. The van der Waals surface area contributed by atoms with E-state index in [-0.39, 0.29) is 61.7 Å². The number of likely N-dealkylation sites (N-methyl/N-ethyl adjacent to an activating group) is 7. The van der Waals surface area contributed by atoms with Crippen LogP contribution in [0.5, 0.6) is 0 Å². The van der Waals surface area contributed by atoms with Crippen LogP contribution in [0.2, 0.25) is 0 Å². The molecule has 2 fully saturated rings. The van der Waals surface area contributed by atoms with Crippen LogP contribution >= 0.6 is 0 Å². The summed E-state index contributed by atoms with van der Waals surface area (Å²) in [5, 5.41) is 23.3. The number of carbonyl (C=O) groups excluding carboxylic acids is 11. The quantitative estimate of drug-likeness (QED) is 0.139. The third-order valence-electron chi connectivity index (χ3n) is 16.9. The van der Waals surface area contributed by atoms with E-state index < -0.39 is 156 Å². The Morgan fingerprint density at radius 1 is 0.460 bits per heavy atom. The van der Waals surface area contributed by atoms with Gasteiger partial charge in [0.25, 0.3) is 0 Å². The molecule has 0 aromatic rings. The maximum Gasteiger partial charge on any atom is 0.246 e. The van der Waals surface area contributed by atoms with E-state index in [1.165, 1.54) is 92.6 Å². The minimum atomic E-state index is -1.60. The number of nitrogens with zero attached hydrogens (tertiary/aromatic N) is 7. The second-order valence-corrected chi connectivity index (χ2v) is 27.4. The average molecular weight is 1230 g/mol. The predicted octanol–water partition coefficient (Wildman–Crippen LogP) is 3.66. The molecule has 0 aromatic heterocycles. The molecule has 496 valence electrons. The lowest BCUT2D eigenvalue weighted by Crippen LogP contribution is -2.63. The molecule has 2 aliphatic rings. The monoisotopic (exact) mass is 1230 g/mol. The van der Waals surface area contributed by atoms with Crippen molar-refractivity contribution in [3.05, 3.63) is 12.2 Å². The van der Waals surface area contributed by atoms with E-state index in [1.54, 1.807) is 40.7 Å². The molecule has 0 radical (unpaired) electrons. The number of aliphatic hydroxyl groups is 1. The molecule has 2 rings (SSSR count). The van der Waals surface area contributed by atoms with Gasteiger partial charge in [-0.25, -0.2) is 0 Å². The Kier molecular flexibility index (Phi) is 30.6. The summed E-state index contributed by atoms with van der Waals surface area (Å²) in [6.07, 6.45) is 4.83. The molecule has 12 atom stereocenters. The van der Waals surface area contributed by atoms with Gasteiger partial charge in [-0.3, -0.25) is 52.7 Å². The van der Waals surface area contributed by atoms with Crippen molar-refractivity contribution in [2.75, 3.05) is 55.9 Å². The summed E-state index contributed by atoms with van der Waals surface area (Å²) in [7, 11) is 10.0. The average Bonchev–Trinajstić information content (AvgIpc) is 2.04. The third kappa shape index (κ3) is 21.9. The molecule has 0 bridgehead atoms. The summed E-state index contributed by atoms with van der Waals surface area (Å²) in [6.45, 7) is 27.8. The normalized spacial score (nSPS) is 27.4. The van der Waals surface area contributed by atoms with Crippen LogP contribution in [0.4, 0.5) is 0 Å². The highest BCUT2D eigenvalue weighted by Crippen LogP contribution is 2.34. The van der Waals surface area contributed by atoms with Crippen molar-refractivity contribution in [2.45, 2.75) is 229 Å². The highest BCUT2D eigenvalue weighted by molar-refractivity contribution is 5.99. The van der Waals surface area contributed by atoms with Crippen molar-refractivity contribution in [1.82, 2.24) is 55.6 Å². The Morgan fingerprint density at radius 2 is 0.885 bits per heavy atom. The summed E-state index contributed by atoms with van der Waals surface area (Å²) in [6, 6.07) is -12.2. The maximum absolute atomic E-state index is 15.2. The smallest absolute Gasteiger partial charge is 0.246 e. The Hall–Kier alpha value is -6.13. The molecule has 23 heteroatoms. The Bertz CT molecular complexity index is 2410. The molecule has 0 spiro atoms. The molecule has 1 aliphatic heterocycles. The van der Waals surface area contributed by atoms with Gasteiger partial charge in [0, 0.05) is 49.3 Å². The first kappa shape index (κ1) is 77.0. The number of hydrogen-bond acceptors (Lipinski definition) is 12. The highest BCUT2D eigenvalue weighted by atomic mass is 16.3. The number of nitrogens with one attached hydrogen (secondary N) is 4. The molecule has 1 heterocycles. The van der Waals surface area contributed by atoms with Crippen LogP contribution in [0.25, 0.3) is 0 Å². The van der Waals surface area contributed by atoms with Crippen LogP contribution in [-0.4, -0.2) is 227 Å². The maximum atomic E-state index is 15.2. The van der Waals surface area contributed by atoms with Crippen LogP contribution in [0.15, 0.2) is 12.2 Å². The first-order chi connectivity index (χ1) is 40.2. The largest absolute Gasteiger partial charge is 0.390 e. The summed E-state index contributed by atoms with van der Waals surface area (Å²) < 4.78 is 0. The van der Waals surface area contributed by atoms with Gasteiger partial charge < -0.3 is 60.7 Å². The van der Waals surface area contributed by atoms with E-state index in [0.29, 0.717) is 6.42 Å². The van der Waals surface area contributed by atoms with Crippen LogP contribution < -0.4 is 21.3 Å². The first-order valence-corrected chi connectivity index (χ1v) is 31.6. The van der Waals surface area contributed by atoms with Gasteiger partial charge in [-0.2, -0.15) is 0 Å². The Balaban J connectivity index is 2.99. The summed E-state index contributed by atoms with van der Waals surface area (Å²) >= 11 is 0. The summed E-state index contributed by atoms with van der Waals surface area (Å²) in [4.78, 5) is 170. The molecule has 5 N–H and O–H groups in total. The van der Waals surface area contributed by atoms with Gasteiger partial charge in [-0.05, 0) is 107 Å². The minimum absolute atomic E-state index is 0.0529. The van der Waals surface area contributed by atoms with E-state index in [4.69, 9.17) is 0 Å². The number of amides is 11. The van der Waals surface area contributed by atoms with Gasteiger partial charge in [-0.15, -0.1) is 0 Å². The zero-order chi connectivity index (χ0) is 67.0. The molecular weight excluding hydrogens is 1110 g/mol. The number of hydrogen-bond donors (Lipinski definition) is 5. The standard InChI is InChI=1S/C64H113N11O12/c1-24-25-26-41(14)54(77)53-58(81)67-45(33-44-27-28-44)60(83)69(17)34-50(76)70(18)46(29-35(2)3)57(80)68-51(39(10)11)63(86)71(19)47(30-36(4)5)56(79)65-42(15)55(78)66-43(16)59(82)72(20)48(31-37(6)7)61(84)73(21)49(32-38(8)9)62(85)74(22)52(40(12)13)64(87)75(53)23/h24-25,35-49,51-54,77H,26-34H2,1-23H3,(H,65,79)(H,66,78)(H,67,81)(H,68,80)/b25-24+/t41-,42+,43-,45+,46+,47+,48+,49+,51+,52+,53+,54-/m1/s1. The Morgan fingerprint density at radius 3 is 1.34 bits per heavy atom. The van der Waals surface area contributed by atoms with Crippen LogP contribution in [-0.2, 0) is 52.7 Å². The molecule has 0 aromatic carbocycles. The van der Waals surface area contributed by atoms with Gasteiger partial charge in [0.15, 0.2) is 0 Å². The van der Waals surface area contributed by atoms with Crippen molar-refractivity contribution in [3.63, 3.8) is 0 Å². The van der Waals surface area contributed by atoms with Crippen molar-refractivity contribution in [1.29, 1.82) is 0 Å². The zero-order valence-electron chi connectivity index (χ0n) is 57.1. The SMILES string of the molecule is C/C=C/C[C@@H](C)[C@@H](O)[C@H]1C(=O)N[C@@H](CC2CC2)C(=O)N(C)CC(=O)N(C)[C@@H](CC(C)C)C(=O)N[C@@H](C(C)C)C(=O)N(C)[C@@H](CC(C)C)C(=O)N[C@@H](C)C(=O)N[C@H](C)C(=O)N(C)[C@@H](CC(C)C)C(=O)N(C)[C@@H](CC(C)C)C(=O)N(C)[C@@H](C(C)C)C(=O)N1C. The number of rotatable bonds is 16. The number of aliphatic hydroxyl groups excluding tert-OH is 1. The summed E-state index contributed by atoms with van der Waals surface area (Å²) in [5.74, 6) is -9.47. The van der Waals surface area contributed by atoms with E-state index in [1.807, 2.05) is 68.4 Å². The molecule has 11 amide bonds. The van der Waals surface area contributed by atoms with Crippen LogP contribution in [0.3, 0.4) is 0 Å². The zero-order valence-corrected chi connectivity index (χ0v) is 57.1. The van der Waals surface area contributed by atoms with Gasteiger partial charge >= 0.3 is 0 Å². The summed E-state index contributed by atoms with van der Waals surface area (Å²) in [5.41, 5.74) is 0. The van der Waals surface area contributed by atoms with E-state index in [9.17, 15) is 43.5 Å². The molecule has 1 saturated heterocycles. The lowest BCUT2D eigenvalue weighted by atomic mass is 9.91. The fraction of sp³-hybridized carbons (Fsp3) is 0.797. The topological polar surface area (TPSA) is 279 Å². The predicted molar refractivity (Wildman–Crippen MR) is 335 cm³/mol. The lowest BCUT2D eigenvalue weighted by molar-refractivity contribution is -0.157. The van der Waals surface area contributed by atoms with Crippen molar-refractivity contribution < 1.29 is 57.8 Å². The second-order valence-electron chi connectivity index (χ2n) is 27.4. The first-order valence-electron chi connectivity index (χ1n) is 31.6. The van der Waals surface area contributed by atoms with Crippen molar-refractivity contribution >= 4 is 65.0 Å². The van der Waals surface area contributed by atoms with Gasteiger partial charge in [-0.1, -0.05) is 115 Å². The van der Waals surface area contributed by atoms with Gasteiger partial charge in [0.2, 0.25) is 65.0 Å². The number of carbonyl (C=O) groups is 11. The molecule has 1 aliphatic carbocycles. The third-order valence-corrected chi connectivity index (χ3v) is 16.9. The molecule has 23 nitrogen and oxygen atoms in total. The van der Waals surface area contributed by atoms with Crippen LogP contribution in [0.1, 0.15) is 162 Å². The van der Waals surface area contributed by atoms with E-state index in [0.717, 1.165) is 17.7 Å². The molecule has 0 unspecified atom stereocenters. The lowest BCUT2D eigenvalue weighted by Gasteiger charge is -2.41. The van der Waals surface area contributed by atoms with Crippen molar-refractivity contribution in [2.24, 2.45) is 47.3 Å². The van der Waals surface area contributed by atoms with Crippen LogP contribution in [0, 0.1) is 47.3 Å². The van der Waals surface area contributed by atoms with Crippen molar-refractivity contribution in [3.8, 4) is 0 Å². The van der Waals surface area contributed by atoms with Gasteiger partial charge in [0.05, 0.1) is 12.6 Å². The minimum Gasteiger partial charge on any atom is -0.390 e. The Labute approximate surface area is 520 Å². The van der Waals surface area contributed by atoms with E-state index >= 15 is 14.4 Å². The fourth-order valence-electron chi connectivity index (χ4n) is 11.3. The number of allylic oxidation sites excluding steroid dienone is 2. The van der Waals surface area contributed by atoms with Gasteiger partial charge in [0.1, 0.15) is 60.4 Å². The van der Waals surface area contributed by atoms with E-state index in [2.05, 4.69) is 21.3 Å². The molecule has 87 heavy (non-hydrogen) atoms.